The lowest BCUT2D eigenvalue weighted by Crippen LogP contribution is -2.35. The molecule has 21 heavy (non-hydrogen) atoms. The molecule has 1 aromatic carbocycles. The fraction of sp³-hybridized carbons (Fsp3) is 0.462. The number of hydrogen-bond acceptors (Lipinski definition) is 5. The van der Waals surface area contributed by atoms with E-state index in [2.05, 4.69) is 0 Å². The number of nitro benzene ring substituents is 1. The topological polar surface area (TPSA) is 104 Å². The van der Waals surface area contributed by atoms with E-state index in [-0.39, 0.29) is 17.0 Å². The average molecular weight is 311 g/mol. The molecule has 0 amide bonds. The highest BCUT2D eigenvalue weighted by molar-refractivity contribution is 7.89. The first-order valence-electron chi connectivity index (χ1n) is 6.23. The van der Waals surface area contributed by atoms with Gasteiger partial charge in [0.2, 0.25) is 10.0 Å². The summed E-state index contributed by atoms with van der Waals surface area (Å²) in [5, 5.41) is 19.6. The van der Waals surface area contributed by atoms with E-state index in [1.807, 2.05) is 6.07 Å². The summed E-state index contributed by atoms with van der Waals surface area (Å²) in [6, 6.07) is 3.80. The fourth-order valence-corrected chi connectivity index (χ4v) is 3.51. The standard InChI is InChI=1S/C13H17N3O4S/c1-9-7-12(16(17)18)8-13(11(9)3)21(19,20)15(4)10(2)5-6-14/h7-8,10H,5H2,1-4H3. The van der Waals surface area contributed by atoms with E-state index in [1.54, 1.807) is 20.8 Å². The number of hydrogen-bond donors (Lipinski definition) is 0. The van der Waals surface area contributed by atoms with Crippen LogP contribution in [0.15, 0.2) is 17.0 Å². The molecule has 1 unspecified atom stereocenters. The smallest absolute Gasteiger partial charge is 0.258 e. The minimum absolute atomic E-state index is 0.0443. The molecule has 0 bridgehead atoms. The maximum atomic E-state index is 12.6. The largest absolute Gasteiger partial charge is 0.271 e. The van der Waals surface area contributed by atoms with E-state index in [1.165, 1.54) is 13.1 Å². The molecule has 1 rings (SSSR count). The van der Waals surface area contributed by atoms with Gasteiger partial charge in [-0.1, -0.05) is 0 Å². The molecule has 0 saturated heterocycles. The third kappa shape index (κ3) is 3.37. The van der Waals surface area contributed by atoms with Crippen LogP contribution in [0.5, 0.6) is 0 Å². The Labute approximate surface area is 124 Å². The molecular formula is C13H17N3O4S. The van der Waals surface area contributed by atoms with Crippen LogP contribution in [0.2, 0.25) is 0 Å². The third-order valence-electron chi connectivity index (χ3n) is 3.48. The second kappa shape index (κ2) is 6.20. The Morgan fingerprint density at radius 3 is 2.48 bits per heavy atom. The van der Waals surface area contributed by atoms with E-state index in [4.69, 9.17) is 5.26 Å². The number of aryl methyl sites for hydroxylation is 1. The minimum Gasteiger partial charge on any atom is -0.258 e. The zero-order valence-electron chi connectivity index (χ0n) is 12.3. The number of nitrogens with zero attached hydrogens (tertiary/aromatic N) is 3. The zero-order chi connectivity index (χ0) is 16.4. The number of rotatable bonds is 5. The van der Waals surface area contributed by atoms with Crippen LogP contribution >= 0.6 is 0 Å². The molecular weight excluding hydrogens is 294 g/mol. The summed E-state index contributed by atoms with van der Waals surface area (Å²) in [4.78, 5) is 10.2. The van der Waals surface area contributed by atoms with Gasteiger partial charge in [-0.15, -0.1) is 0 Å². The van der Waals surface area contributed by atoms with Gasteiger partial charge < -0.3 is 0 Å². The van der Waals surface area contributed by atoms with Gasteiger partial charge in [-0.2, -0.15) is 9.57 Å². The van der Waals surface area contributed by atoms with E-state index in [9.17, 15) is 18.5 Å². The van der Waals surface area contributed by atoms with Crippen molar-refractivity contribution in [1.29, 1.82) is 5.26 Å². The van der Waals surface area contributed by atoms with E-state index in [0.29, 0.717) is 11.1 Å². The summed E-state index contributed by atoms with van der Waals surface area (Å²) in [5.74, 6) is 0. The van der Waals surface area contributed by atoms with Crippen LogP contribution < -0.4 is 0 Å². The van der Waals surface area contributed by atoms with Gasteiger partial charge in [0.15, 0.2) is 0 Å². The SMILES string of the molecule is Cc1cc([N+](=O)[O-])cc(S(=O)(=O)N(C)C(C)CC#N)c1C. The van der Waals surface area contributed by atoms with Crippen LogP contribution in [0.4, 0.5) is 5.69 Å². The number of benzene rings is 1. The van der Waals surface area contributed by atoms with Crippen molar-refractivity contribution in [3.05, 3.63) is 33.4 Å². The molecule has 0 fully saturated rings. The Balaban J connectivity index is 3.45. The fourth-order valence-electron chi connectivity index (χ4n) is 1.83. The summed E-state index contributed by atoms with van der Waals surface area (Å²) in [7, 11) is -2.53. The van der Waals surface area contributed by atoms with Crippen LogP contribution in [0, 0.1) is 35.3 Å². The Morgan fingerprint density at radius 1 is 1.43 bits per heavy atom. The Hall–Kier alpha value is -1.98. The molecule has 7 nitrogen and oxygen atoms in total. The second-order valence-corrected chi connectivity index (χ2v) is 6.84. The Kier molecular flexibility index (Phi) is 5.04. The summed E-state index contributed by atoms with van der Waals surface area (Å²) < 4.78 is 26.3. The predicted molar refractivity (Wildman–Crippen MR) is 77.2 cm³/mol. The van der Waals surface area contributed by atoms with Gasteiger partial charge in [-0.05, 0) is 31.9 Å². The molecule has 0 N–H and O–H groups in total. The highest BCUT2D eigenvalue weighted by atomic mass is 32.2. The number of sulfonamides is 1. The quantitative estimate of drug-likeness (QED) is 0.612. The zero-order valence-corrected chi connectivity index (χ0v) is 13.1. The molecule has 0 aliphatic heterocycles. The first kappa shape index (κ1) is 17.1. The van der Waals surface area contributed by atoms with Gasteiger partial charge in [0.1, 0.15) is 0 Å². The Morgan fingerprint density at radius 2 is 2.00 bits per heavy atom. The molecule has 0 spiro atoms. The molecule has 1 atom stereocenters. The van der Waals surface area contributed by atoms with Crippen LogP contribution in [0.1, 0.15) is 24.5 Å². The lowest BCUT2D eigenvalue weighted by molar-refractivity contribution is -0.385. The Bertz CT molecular complexity index is 707. The number of nitriles is 1. The van der Waals surface area contributed by atoms with E-state index >= 15 is 0 Å². The highest BCUT2D eigenvalue weighted by Gasteiger charge is 2.29. The van der Waals surface area contributed by atoms with Gasteiger partial charge in [0, 0.05) is 25.2 Å². The monoisotopic (exact) mass is 311 g/mol. The van der Waals surface area contributed by atoms with Crippen molar-refractivity contribution in [3.8, 4) is 6.07 Å². The molecule has 0 heterocycles. The first-order valence-corrected chi connectivity index (χ1v) is 7.67. The summed E-state index contributed by atoms with van der Waals surface area (Å²) >= 11 is 0. The minimum atomic E-state index is -3.89. The molecule has 0 aromatic heterocycles. The van der Waals surface area contributed by atoms with Crippen LogP contribution in [0.25, 0.3) is 0 Å². The first-order chi connectivity index (χ1) is 9.62. The van der Waals surface area contributed by atoms with Gasteiger partial charge >= 0.3 is 0 Å². The average Bonchev–Trinajstić information content (AvgIpc) is 2.40. The molecule has 0 aliphatic rings. The molecule has 0 saturated carbocycles. The van der Waals surface area contributed by atoms with Crippen LogP contribution in [0.3, 0.4) is 0 Å². The molecule has 0 aliphatic carbocycles. The maximum Gasteiger partial charge on any atom is 0.271 e. The molecule has 1 aromatic rings. The number of nitro groups is 1. The van der Waals surface area contributed by atoms with Gasteiger partial charge in [0.05, 0.1) is 22.3 Å². The van der Waals surface area contributed by atoms with Crippen molar-refractivity contribution < 1.29 is 13.3 Å². The van der Waals surface area contributed by atoms with Crippen molar-refractivity contribution in [2.75, 3.05) is 7.05 Å². The van der Waals surface area contributed by atoms with Gasteiger partial charge in [-0.3, -0.25) is 10.1 Å². The third-order valence-corrected chi connectivity index (χ3v) is 5.58. The van der Waals surface area contributed by atoms with Gasteiger partial charge in [-0.25, -0.2) is 8.42 Å². The number of non-ortho nitro benzene ring substituents is 1. The molecule has 8 heteroatoms. The second-order valence-electron chi connectivity index (χ2n) is 4.88. The summed E-state index contributed by atoms with van der Waals surface area (Å²) in [6.45, 7) is 4.84. The summed E-state index contributed by atoms with van der Waals surface area (Å²) in [6.07, 6.45) is 0.0443. The highest BCUT2D eigenvalue weighted by Crippen LogP contribution is 2.28. The predicted octanol–water partition coefficient (Wildman–Crippen LogP) is 2.13. The normalized spacial score (nSPS) is 13.0. The van der Waals surface area contributed by atoms with E-state index < -0.39 is 21.0 Å². The van der Waals surface area contributed by atoms with Crippen LogP contribution in [-0.4, -0.2) is 30.7 Å². The van der Waals surface area contributed by atoms with E-state index in [0.717, 1.165) is 10.4 Å². The van der Waals surface area contributed by atoms with Crippen LogP contribution in [-0.2, 0) is 10.0 Å². The van der Waals surface area contributed by atoms with Gasteiger partial charge in [0.25, 0.3) is 5.69 Å². The molecule has 114 valence electrons. The van der Waals surface area contributed by atoms with Crippen molar-refractivity contribution >= 4 is 15.7 Å². The molecule has 0 radical (unpaired) electrons. The van der Waals surface area contributed by atoms with Crippen molar-refractivity contribution in [1.82, 2.24) is 4.31 Å². The lowest BCUT2D eigenvalue weighted by Gasteiger charge is -2.23. The maximum absolute atomic E-state index is 12.6. The summed E-state index contributed by atoms with van der Waals surface area (Å²) in [5.41, 5.74) is 0.735. The van der Waals surface area contributed by atoms with Crippen molar-refractivity contribution in [2.45, 2.75) is 38.1 Å². The lowest BCUT2D eigenvalue weighted by atomic mass is 10.1. The van der Waals surface area contributed by atoms with Crippen molar-refractivity contribution in [3.63, 3.8) is 0 Å². The van der Waals surface area contributed by atoms with Crippen molar-refractivity contribution in [2.24, 2.45) is 0 Å².